The van der Waals surface area contributed by atoms with Crippen molar-refractivity contribution in [3.63, 3.8) is 0 Å². The van der Waals surface area contributed by atoms with E-state index in [4.69, 9.17) is 9.47 Å². The zero-order valence-electron chi connectivity index (χ0n) is 13.6. The van der Waals surface area contributed by atoms with Crippen LogP contribution in [0, 0.1) is 5.82 Å². The van der Waals surface area contributed by atoms with Crippen molar-refractivity contribution in [2.45, 2.75) is 13.3 Å². The molecule has 0 aromatic heterocycles. The summed E-state index contributed by atoms with van der Waals surface area (Å²) < 4.78 is 24.8. The minimum atomic E-state index is -0.319. The molecule has 0 saturated heterocycles. The minimum absolute atomic E-state index is 0.319. The molecule has 0 radical (unpaired) electrons. The molecule has 1 aliphatic heterocycles. The smallest absolute Gasteiger partial charge is 0.161 e. The van der Waals surface area contributed by atoms with Gasteiger partial charge in [0.05, 0.1) is 18.7 Å². The highest BCUT2D eigenvalue weighted by Crippen LogP contribution is 2.33. The quantitative estimate of drug-likeness (QED) is 0.780. The van der Waals surface area contributed by atoms with Crippen LogP contribution in [0.15, 0.2) is 45.0 Å². The van der Waals surface area contributed by atoms with Gasteiger partial charge in [0.2, 0.25) is 0 Å². The molecular weight excluding hydrogens is 375 g/mol. The lowest BCUT2D eigenvalue weighted by Crippen LogP contribution is -2.08. The number of rotatable bonds is 3. The van der Waals surface area contributed by atoms with E-state index in [1.807, 2.05) is 19.1 Å². The Morgan fingerprint density at radius 2 is 1.75 bits per heavy atom. The van der Waals surface area contributed by atoms with Gasteiger partial charge in [-0.2, -0.15) is 5.10 Å². The van der Waals surface area contributed by atoms with Crippen LogP contribution in [0.25, 0.3) is 0 Å². The van der Waals surface area contributed by atoms with E-state index in [1.165, 1.54) is 6.07 Å². The standard InChI is InChI=1S/C18H16BrFN2O2/c1-10-6-12-8-16(23-2)17(24-3)9-13(12)18(22-21-10)11-4-5-15(20)14(19)7-11/h4-5,7-9H,6H2,1-3H3. The van der Waals surface area contributed by atoms with Crippen LogP contribution in [-0.2, 0) is 6.42 Å². The first-order chi connectivity index (χ1) is 11.5. The average Bonchev–Trinajstić information content (AvgIpc) is 2.74. The van der Waals surface area contributed by atoms with Crippen LogP contribution in [0.3, 0.4) is 0 Å². The number of ether oxygens (including phenoxy) is 2. The summed E-state index contributed by atoms with van der Waals surface area (Å²) in [5.41, 5.74) is 4.26. The van der Waals surface area contributed by atoms with Crippen molar-refractivity contribution < 1.29 is 13.9 Å². The van der Waals surface area contributed by atoms with Gasteiger partial charge in [0, 0.05) is 23.3 Å². The first-order valence-electron chi connectivity index (χ1n) is 7.35. The van der Waals surface area contributed by atoms with Crippen LogP contribution in [0.1, 0.15) is 23.6 Å². The van der Waals surface area contributed by atoms with Crippen molar-refractivity contribution >= 4 is 27.4 Å². The molecule has 4 nitrogen and oxygen atoms in total. The van der Waals surface area contributed by atoms with Gasteiger partial charge in [-0.1, -0.05) is 0 Å². The Hall–Kier alpha value is -2.21. The van der Waals surface area contributed by atoms with Gasteiger partial charge in [0.1, 0.15) is 11.5 Å². The predicted molar refractivity (Wildman–Crippen MR) is 96.1 cm³/mol. The number of benzene rings is 2. The van der Waals surface area contributed by atoms with Crippen LogP contribution in [-0.4, -0.2) is 25.6 Å². The molecule has 0 unspecified atom stereocenters. The summed E-state index contributed by atoms with van der Waals surface area (Å²) >= 11 is 3.22. The highest BCUT2D eigenvalue weighted by Gasteiger charge is 2.20. The molecule has 24 heavy (non-hydrogen) atoms. The van der Waals surface area contributed by atoms with Crippen LogP contribution in [0.2, 0.25) is 0 Å². The van der Waals surface area contributed by atoms with Crippen LogP contribution in [0.5, 0.6) is 11.5 Å². The fourth-order valence-electron chi connectivity index (χ4n) is 2.64. The van der Waals surface area contributed by atoms with Crippen LogP contribution >= 0.6 is 15.9 Å². The number of nitrogens with zero attached hydrogens (tertiary/aromatic N) is 2. The molecule has 0 spiro atoms. The van der Waals surface area contributed by atoms with Crippen LogP contribution in [0.4, 0.5) is 4.39 Å². The summed E-state index contributed by atoms with van der Waals surface area (Å²) in [6.45, 7) is 1.92. The van der Waals surface area contributed by atoms with E-state index < -0.39 is 0 Å². The summed E-state index contributed by atoms with van der Waals surface area (Å²) in [4.78, 5) is 0. The van der Waals surface area contributed by atoms with Gasteiger partial charge >= 0.3 is 0 Å². The van der Waals surface area contributed by atoms with Gasteiger partial charge in [-0.3, -0.25) is 0 Å². The van der Waals surface area contributed by atoms with Crippen molar-refractivity contribution in [1.82, 2.24) is 0 Å². The highest BCUT2D eigenvalue weighted by atomic mass is 79.9. The van der Waals surface area contributed by atoms with Gasteiger partial charge < -0.3 is 9.47 Å². The van der Waals surface area contributed by atoms with Crippen LogP contribution < -0.4 is 9.47 Å². The second-order valence-electron chi connectivity index (χ2n) is 5.45. The van der Waals surface area contributed by atoms with Gasteiger partial charge in [0.25, 0.3) is 0 Å². The summed E-state index contributed by atoms with van der Waals surface area (Å²) in [5, 5.41) is 8.66. The Bertz CT molecular complexity index is 862. The lowest BCUT2D eigenvalue weighted by Gasteiger charge is -2.15. The maximum Gasteiger partial charge on any atom is 0.161 e. The third-order valence-corrected chi connectivity index (χ3v) is 4.43. The zero-order valence-corrected chi connectivity index (χ0v) is 15.1. The summed E-state index contributed by atoms with van der Waals surface area (Å²) in [6, 6.07) is 8.62. The van der Waals surface area contributed by atoms with E-state index in [0.717, 1.165) is 22.4 Å². The van der Waals surface area contributed by atoms with Gasteiger partial charge in [-0.05, 0) is 58.7 Å². The molecule has 124 valence electrons. The Morgan fingerprint density at radius 3 is 2.42 bits per heavy atom. The molecular formula is C18H16BrFN2O2. The highest BCUT2D eigenvalue weighted by molar-refractivity contribution is 9.10. The van der Waals surface area contributed by atoms with E-state index in [0.29, 0.717) is 28.1 Å². The summed E-state index contributed by atoms with van der Waals surface area (Å²) in [7, 11) is 3.20. The molecule has 0 atom stereocenters. The van der Waals surface area contributed by atoms with Gasteiger partial charge in [-0.25, -0.2) is 4.39 Å². The fourth-order valence-corrected chi connectivity index (χ4v) is 3.02. The minimum Gasteiger partial charge on any atom is -0.493 e. The van der Waals surface area contributed by atoms with Crippen molar-refractivity contribution in [3.05, 3.63) is 57.3 Å². The largest absolute Gasteiger partial charge is 0.493 e. The molecule has 0 aliphatic carbocycles. The molecule has 0 N–H and O–H groups in total. The zero-order chi connectivity index (χ0) is 17.3. The summed E-state index contributed by atoms with van der Waals surface area (Å²) in [6.07, 6.45) is 0.658. The second-order valence-corrected chi connectivity index (χ2v) is 6.31. The predicted octanol–water partition coefficient (Wildman–Crippen LogP) is 4.37. The van der Waals surface area contributed by atoms with Crippen molar-refractivity contribution in [2.24, 2.45) is 10.2 Å². The first kappa shape index (κ1) is 16.6. The van der Waals surface area contributed by atoms with E-state index in [9.17, 15) is 4.39 Å². The van der Waals surface area contributed by atoms with E-state index >= 15 is 0 Å². The van der Waals surface area contributed by atoms with E-state index in [-0.39, 0.29) is 5.82 Å². The Morgan fingerprint density at radius 1 is 1.04 bits per heavy atom. The second kappa shape index (κ2) is 6.73. The molecule has 6 heteroatoms. The molecule has 0 bridgehead atoms. The lowest BCUT2D eigenvalue weighted by atomic mass is 9.94. The van der Waals surface area contributed by atoms with Crippen molar-refractivity contribution in [2.75, 3.05) is 14.2 Å². The number of fused-ring (bicyclic) bond motifs is 1. The Balaban J connectivity index is 2.22. The Labute approximate surface area is 148 Å². The number of hydrogen-bond donors (Lipinski definition) is 0. The monoisotopic (exact) mass is 390 g/mol. The topological polar surface area (TPSA) is 43.2 Å². The third-order valence-electron chi connectivity index (χ3n) is 3.82. The van der Waals surface area contributed by atoms with Crippen molar-refractivity contribution in [1.29, 1.82) is 0 Å². The summed E-state index contributed by atoms with van der Waals surface area (Å²) in [5.74, 6) is 0.954. The SMILES string of the molecule is COc1cc2c(cc1OC)C(c1ccc(F)c(Br)c1)=NN=C(C)C2. The number of halogens is 2. The third kappa shape index (κ3) is 3.06. The van der Waals surface area contributed by atoms with Gasteiger partial charge in [0.15, 0.2) is 11.5 Å². The van der Waals surface area contributed by atoms with Gasteiger partial charge in [-0.15, -0.1) is 5.10 Å². The molecule has 0 amide bonds. The normalized spacial score (nSPS) is 13.5. The first-order valence-corrected chi connectivity index (χ1v) is 8.14. The number of hydrogen-bond acceptors (Lipinski definition) is 4. The Kier molecular flexibility index (Phi) is 4.66. The number of methoxy groups -OCH3 is 2. The molecule has 2 aromatic carbocycles. The molecule has 1 aliphatic rings. The maximum atomic E-state index is 13.6. The molecule has 2 aromatic rings. The molecule has 1 heterocycles. The molecule has 0 saturated carbocycles. The average molecular weight is 391 g/mol. The maximum absolute atomic E-state index is 13.6. The van der Waals surface area contributed by atoms with E-state index in [2.05, 4.69) is 26.1 Å². The van der Waals surface area contributed by atoms with Crippen molar-refractivity contribution in [3.8, 4) is 11.5 Å². The molecule has 0 fully saturated rings. The fraction of sp³-hybridized carbons (Fsp3) is 0.222. The van der Waals surface area contributed by atoms with E-state index in [1.54, 1.807) is 26.4 Å². The lowest BCUT2D eigenvalue weighted by molar-refractivity contribution is 0.354. The molecule has 3 rings (SSSR count).